The number of rotatable bonds is 4. The second-order valence-corrected chi connectivity index (χ2v) is 6.01. The first-order valence-electron chi connectivity index (χ1n) is 7.24. The van der Waals surface area contributed by atoms with Crippen molar-refractivity contribution in [1.82, 2.24) is 4.90 Å². The van der Waals surface area contributed by atoms with E-state index < -0.39 is 0 Å². The first kappa shape index (κ1) is 14.3. The Morgan fingerprint density at radius 2 is 1.76 bits per heavy atom. The van der Waals surface area contributed by atoms with Crippen LogP contribution >= 0.6 is 11.6 Å². The number of carbonyl (C=O) groups excluding carboxylic acids is 1. The second-order valence-electron chi connectivity index (χ2n) is 5.61. The number of benzene rings is 2. The van der Waals surface area contributed by atoms with Gasteiger partial charge in [0.05, 0.1) is 0 Å². The van der Waals surface area contributed by atoms with Crippen molar-refractivity contribution >= 4 is 17.9 Å². The Kier molecular flexibility index (Phi) is 4.37. The lowest BCUT2D eigenvalue weighted by atomic mass is 9.90. The third kappa shape index (κ3) is 3.17. The van der Waals surface area contributed by atoms with Crippen LogP contribution in [-0.4, -0.2) is 24.3 Å². The number of hydrogen-bond donors (Lipinski definition) is 0. The van der Waals surface area contributed by atoms with Crippen LogP contribution in [0.15, 0.2) is 54.6 Å². The highest BCUT2D eigenvalue weighted by Gasteiger charge is 2.34. The number of hydrogen-bond acceptors (Lipinski definition) is 2. The summed E-state index contributed by atoms with van der Waals surface area (Å²) >= 11 is 6.30. The average Bonchev–Trinajstić information content (AvgIpc) is 2.91. The third-order valence-corrected chi connectivity index (χ3v) is 4.51. The van der Waals surface area contributed by atoms with Crippen LogP contribution in [0.2, 0.25) is 5.02 Å². The Labute approximate surface area is 130 Å². The van der Waals surface area contributed by atoms with E-state index in [1.54, 1.807) is 0 Å². The maximum atomic E-state index is 11.4. The van der Waals surface area contributed by atoms with Gasteiger partial charge in [0.2, 0.25) is 0 Å². The molecule has 2 aromatic rings. The van der Waals surface area contributed by atoms with E-state index >= 15 is 0 Å². The summed E-state index contributed by atoms with van der Waals surface area (Å²) in [5.74, 6) is 0.216. The first-order chi connectivity index (χ1) is 10.3. The molecule has 0 aliphatic carbocycles. The summed E-state index contributed by atoms with van der Waals surface area (Å²) in [6.07, 6.45) is 1.08. The molecule has 108 valence electrons. The van der Waals surface area contributed by atoms with Crippen molar-refractivity contribution in [2.24, 2.45) is 5.92 Å². The van der Waals surface area contributed by atoms with E-state index in [-0.39, 0.29) is 11.8 Å². The third-order valence-electron chi connectivity index (χ3n) is 4.17. The summed E-state index contributed by atoms with van der Waals surface area (Å²) in [7, 11) is 0. The number of likely N-dealkylation sites (tertiary alicyclic amines) is 1. The lowest BCUT2D eigenvalue weighted by Gasteiger charge is -2.17. The van der Waals surface area contributed by atoms with Gasteiger partial charge in [0, 0.05) is 36.5 Å². The number of halogens is 1. The smallest absolute Gasteiger partial charge is 0.125 e. The van der Waals surface area contributed by atoms with Gasteiger partial charge in [0.15, 0.2) is 0 Å². The Morgan fingerprint density at radius 3 is 2.48 bits per heavy atom. The Morgan fingerprint density at radius 1 is 1.05 bits per heavy atom. The van der Waals surface area contributed by atoms with Crippen LogP contribution in [-0.2, 0) is 11.3 Å². The zero-order valence-corrected chi connectivity index (χ0v) is 12.5. The summed E-state index contributed by atoms with van der Waals surface area (Å²) in [6.45, 7) is 2.56. The van der Waals surface area contributed by atoms with Gasteiger partial charge in [-0.1, -0.05) is 60.1 Å². The van der Waals surface area contributed by atoms with Crippen molar-refractivity contribution in [1.29, 1.82) is 0 Å². The summed E-state index contributed by atoms with van der Waals surface area (Å²) in [5, 5.41) is 0.760. The molecule has 0 saturated carbocycles. The van der Waals surface area contributed by atoms with E-state index in [1.165, 1.54) is 5.56 Å². The van der Waals surface area contributed by atoms with Crippen LogP contribution in [0.5, 0.6) is 0 Å². The maximum Gasteiger partial charge on any atom is 0.125 e. The lowest BCUT2D eigenvalue weighted by Crippen LogP contribution is -2.20. The van der Waals surface area contributed by atoms with E-state index in [0.29, 0.717) is 0 Å². The topological polar surface area (TPSA) is 20.3 Å². The molecule has 0 spiro atoms. The van der Waals surface area contributed by atoms with Gasteiger partial charge in [-0.15, -0.1) is 0 Å². The van der Waals surface area contributed by atoms with Gasteiger partial charge in [-0.2, -0.15) is 0 Å². The zero-order valence-electron chi connectivity index (χ0n) is 11.8. The highest BCUT2D eigenvalue weighted by atomic mass is 35.5. The molecule has 2 atom stereocenters. The van der Waals surface area contributed by atoms with E-state index in [4.69, 9.17) is 11.6 Å². The summed E-state index contributed by atoms with van der Waals surface area (Å²) in [6, 6.07) is 18.2. The molecule has 0 N–H and O–H groups in total. The SMILES string of the molecule is O=CC1CN(Cc2ccccc2)CC1c1ccccc1Cl. The minimum atomic E-state index is 0.0219. The molecule has 0 aromatic heterocycles. The molecule has 1 aliphatic heterocycles. The minimum Gasteiger partial charge on any atom is -0.303 e. The molecule has 2 aromatic carbocycles. The van der Waals surface area contributed by atoms with Gasteiger partial charge in [0.1, 0.15) is 6.29 Å². The van der Waals surface area contributed by atoms with E-state index in [9.17, 15) is 4.79 Å². The van der Waals surface area contributed by atoms with Gasteiger partial charge in [-0.3, -0.25) is 4.90 Å². The van der Waals surface area contributed by atoms with Gasteiger partial charge in [-0.25, -0.2) is 0 Å². The summed E-state index contributed by atoms with van der Waals surface area (Å²) in [5.41, 5.74) is 2.37. The van der Waals surface area contributed by atoms with Crippen molar-refractivity contribution in [3.63, 3.8) is 0 Å². The second kappa shape index (κ2) is 6.42. The van der Waals surface area contributed by atoms with Crippen LogP contribution in [0.3, 0.4) is 0 Å². The molecule has 2 nitrogen and oxygen atoms in total. The minimum absolute atomic E-state index is 0.0219. The first-order valence-corrected chi connectivity index (χ1v) is 7.61. The monoisotopic (exact) mass is 299 g/mol. The fourth-order valence-corrected chi connectivity index (χ4v) is 3.40. The van der Waals surface area contributed by atoms with Crippen molar-refractivity contribution in [3.05, 3.63) is 70.7 Å². The van der Waals surface area contributed by atoms with Gasteiger partial charge >= 0.3 is 0 Å². The fourth-order valence-electron chi connectivity index (χ4n) is 3.13. The van der Waals surface area contributed by atoms with Crippen LogP contribution in [0.4, 0.5) is 0 Å². The Hall–Kier alpha value is -1.64. The highest BCUT2D eigenvalue weighted by molar-refractivity contribution is 6.31. The number of aldehydes is 1. The molecule has 0 bridgehead atoms. The largest absolute Gasteiger partial charge is 0.303 e. The highest BCUT2D eigenvalue weighted by Crippen LogP contribution is 2.35. The summed E-state index contributed by atoms with van der Waals surface area (Å²) in [4.78, 5) is 13.8. The van der Waals surface area contributed by atoms with Gasteiger partial charge in [0.25, 0.3) is 0 Å². The van der Waals surface area contributed by atoms with Crippen LogP contribution in [0.1, 0.15) is 17.0 Å². The molecule has 0 amide bonds. The number of nitrogens with zero attached hydrogens (tertiary/aromatic N) is 1. The zero-order chi connectivity index (χ0) is 14.7. The predicted octanol–water partition coefficient (Wildman–Crippen LogP) is 3.75. The number of carbonyl (C=O) groups is 1. The molecule has 21 heavy (non-hydrogen) atoms. The molecular weight excluding hydrogens is 282 g/mol. The van der Waals surface area contributed by atoms with Crippen LogP contribution in [0, 0.1) is 5.92 Å². The van der Waals surface area contributed by atoms with Crippen LogP contribution < -0.4 is 0 Å². The molecule has 1 fully saturated rings. The molecule has 3 rings (SSSR count). The summed E-state index contributed by atoms with van der Waals surface area (Å²) < 4.78 is 0. The van der Waals surface area contributed by atoms with Crippen LogP contribution in [0.25, 0.3) is 0 Å². The van der Waals surface area contributed by atoms with E-state index in [2.05, 4.69) is 17.0 Å². The quantitative estimate of drug-likeness (QED) is 0.801. The lowest BCUT2D eigenvalue weighted by molar-refractivity contribution is -0.111. The van der Waals surface area contributed by atoms with Gasteiger partial charge < -0.3 is 4.79 Å². The van der Waals surface area contributed by atoms with E-state index in [0.717, 1.165) is 36.5 Å². The average molecular weight is 300 g/mol. The molecule has 0 radical (unpaired) electrons. The molecule has 3 heteroatoms. The molecule has 1 heterocycles. The molecule has 2 unspecified atom stereocenters. The fraction of sp³-hybridized carbons (Fsp3) is 0.278. The van der Waals surface area contributed by atoms with Crippen molar-refractivity contribution in [3.8, 4) is 0 Å². The van der Waals surface area contributed by atoms with Gasteiger partial charge in [-0.05, 0) is 17.2 Å². The van der Waals surface area contributed by atoms with Crippen molar-refractivity contribution < 1.29 is 4.79 Å². The van der Waals surface area contributed by atoms with E-state index in [1.807, 2.05) is 42.5 Å². The molecular formula is C18H18ClNO. The molecule has 1 saturated heterocycles. The van der Waals surface area contributed by atoms with Crippen molar-refractivity contribution in [2.75, 3.05) is 13.1 Å². The molecule has 1 aliphatic rings. The Balaban J connectivity index is 1.77. The maximum absolute atomic E-state index is 11.4. The normalized spacial score (nSPS) is 22.3. The standard InChI is InChI=1S/C18H18ClNO/c19-18-9-5-4-8-16(18)17-12-20(11-15(17)13-21)10-14-6-2-1-3-7-14/h1-9,13,15,17H,10-12H2. The Bertz CT molecular complexity index is 614. The predicted molar refractivity (Wildman–Crippen MR) is 85.5 cm³/mol. The van der Waals surface area contributed by atoms with Crippen molar-refractivity contribution in [2.45, 2.75) is 12.5 Å².